The third-order valence-electron chi connectivity index (χ3n) is 6.01. The summed E-state index contributed by atoms with van der Waals surface area (Å²) in [6.45, 7) is 4.98. The van der Waals surface area contributed by atoms with Crippen LogP contribution < -0.4 is 9.80 Å². The molecule has 0 bridgehead atoms. The normalized spacial score (nSPS) is 19.0. The summed E-state index contributed by atoms with van der Waals surface area (Å²) in [6.07, 6.45) is -1.06. The van der Waals surface area contributed by atoms with Gasteiger partial charge in [-0.3, -0.25) is 9.48 Å². The van der Waals surface area contributed by atoms with E-state index in [-0.39, 0.29) is 11.9 Å². The van der Waals surface area contributed by atoms with Crippen LogP contribution in [-0.4, -0.2) is 53.5 Å². The lowest BCUT2D eigenvalue weighted by Gasteiger charge is -2.32. The highest BCUT2D eigenvalue weighted by Crippen LogP contribution is 2.35. The number of rotatable bonds is 3. The molecule has 1 amide bonds. The standard InChI is InChI=1S/C23H22F3N5O2/c1-15-14-30(18-4-2-17(3-5-18)23(24,25)26)22(32)21-19(13-28-31(15)21)16-6-7-27-20(12-16)29-8-10-33-11-9-29/h2-7,12-13,15H,8-11,14H2,1H3/t15-/m0/s1. The zero-order valence-corrected chi connectivity index (χ0v) is 17.9. The molecule has 0 spiro atoms. The molecule has 0 aliphatic carbocycles. The predicted molar refractivity (Wildman–Crippen MR) is 116 cm³/mol. The maximum Gasteiger partial charge on any atom is 0.416 e. The SMILES string of the molecule is C[C@H]1CN(c2ccc(C(F)(F)F)cc2)C(=O)c2c(-c3ccnc(N4CCOCC4)c3)cnn21. The van der Waals surface area contributed by atoms with E-state index >= 15 is 0 Å². The lowest BCUT2D eigenvalue weighted by atomic mass is 10.0. The molecule has 10 heteroatoms. The van der Waals surface area contributed by atoms with E-state index in [4.69, 9.17) is 4.74 Å². The van der Waals surface area contributed by atoms with Gasteiger partial charge >= 0.3 is 6.18 Å². The number of morpholine rings is 1. The minimum absolute atomic E-state index is 0.144. The van der Waals surface area contributed by atoms with Crippen LogP contribution in [0.1, 0.15) is 29.0 Å². The number of fused-ring (bicyclic) bond motifs is 1. The molecule has 2 aliphatic heterocycles. The number of benzene rings is 1. The van der Waals surface area contributed by atoms with Crippen molar-refractivity contribution in [1.82, 2.24) is 14.8 Å². The summed E-state index contributed by atoms with van der Waals surface area (Å²) in [7, 11) is 0. The number of pyridine rings is 1. The van der Waals surface area contributed by atoms with Crippen LogP contribution in [0.5, 0.6) is 0 Å². The Balaban J connectivity index is 1.49. The second-order valence-corrected chi connectivity index (χ2v) is 8.16. The highest BCUT2D eigenvalue weighted by atomic mass is 19.4. The minimum atomic E-state index is -4.43. The number of alkyl halides is 3. The fraction of sp³-hybridized carbons (Fsp3) is 0.348. The van der Waals surface area contributed by atoms with Gasteiger partial charge in [-0.15, -0.1) is 0 Å². The summed E-state index contributed by atoms with van der Waals surface area (Å²) in [4.78, 5) is 21.6. The van der Waals surface area contributed by atoms with E-state index < -0.39 is 11.7 Å². The Morgan fingerprint density at radius 1 is 1.09 bits per heavy atom. The number of aromatic nitrogens is 3. The first-order valence-electron chi connectivity index (χ1n) is 10.7. The molecule has 0 saturated carbocycles. The van der Waals surface area contributed by atoms with E-state index in [2.05, 4.69) is 15.0 Å². The maximum absolute atomic E-state index is 13.5. The smallest absolute Gasteiger partial charge is 0.378 e. The first-order chi connectivity index (χ1) is 15.8. The average molecular weight is 457 g/mol. The van der Waals surface area contributed by atoms with Crippen molar-refractivity contribution in [3.8, 4) is 11.1 Å². The zero-order valence-electron chi connectivity index (χ0n) is 17.9. The molecule has 7 nitrogen and oxygen atoms in total. The predicted octanol–water partition coefficient (Wildman–Crippen LogP) is 4.02. The largest absolute Gasteiger partial charge is 0.416 e. The highest BCUT2D eigenvalue weighted by molar-refractivity contribution is 6.09. The van der Waals surface area contributed by atoms with Gasteiger partial charge in [-0.25, -0.2) is 4.98 Å². The Kier molecular flexibility index (Phi) is 5.32. The average Bonchev–Trinajstić information content (AvgIpc) is 3.28. The van der Waals surface area contributed by atoms with Gasteiger partial charge in [0.15, 0.2) is 0 Å². The lowest BCUT2D eigenvalue weighted by molar-refractivity contribution is -0.137. The van der Waals surface area contributed by atoms with Crippen molar-refractivity contribution in [2.45, 2.75) is 19.1 Å². The van der Waals surface area contributed by atoms with Gasteiger partial charge in [-0.2, -0.15) is 18.3 Å². The Morgan fingerprint density at radius 3 is 2.52 bits per heavy atom. The molecule has 1 fully saturated rings. The summed E-state index contributed by atoms with van der Waals surface area (Å²) in [5.74, 6) is 0.497. The van der Waals surface area contributed by atoms with Gasteiger partial charge in [0.1, 0.15) is 11.5 Å². The number of carbonyl (C=O) groups is 1. The number of nitrogens with zero attached hydrogens (tertiary/aromatic N) is 5. The van der Waals surface area contributed by atoms with Crippen LogP contribution in [0, 0.1) is 0 Å². The van der Waals surface area contributed by atoms with Crippen molar-refractivity contribution in [3.05, 3.63) is 60.0 Å². The van der Waals surface area contributed by atoms with Gasteiger partial charge in [0.2, 0.25) is 0 Å². The van der Waals surface area contributed by atoms with Gasteiger partial charge in [0.05, 0.1) is 31.0 Å². The minimum Gasteiger partial charge on any atom is -0.378 e. The van der Waals surface area contributed by atoms with E-state index in [9.17, 15) is 18.0 Å². The molecule has 1 saturated heterocycles. The van der Waals surface area contributed by atoms with Crippen molar-refractivity contribution < 1.29 is 22.7 Å². The lowest BCUT2D eigenvalue weighted by Crippen LogP contribution is -2.42. The first-order valence-corrected chi connectivity index (χ1v) is 10.7. The third kappa shape index (κ3) is 3.95. The summed E-state index contributed by atoms with van der Waals surface area (Å²) < 4.78 is 46.0. The number of hydrogen-bond donors (Lipinski definition) is 0. The Labute approximate surface area is 188 Å². The van der Waals surface area contributed by atoms with Crippen LogP contribution >= 0.6 is 0 Å². The van der Waals surface area contributed by atoms with E-state index in [1.807, 2.05) is 19.1 Å². The van der Waals surface area contributed by atoms with E-state index in [0.29, 0.717) is 36.7 Å². The third-order valence-corrected chi connectivity index (χ3v) is 6.01. The van der Waals surface area contributed by atoms with Gasteiger partial charge in [0.25, 0.3) is 5.91 Å². The van der Waals surface area contributed by atoms with Gasteiger partial charge in [-0.1, -0.05) is 0 Å². The molecule has 0 radical (unpaired) electrons. The maximum atomic E-state index is 13.5. The molecule has 0 unspecified atom stereocenters. The van der Waals surface area contributed by atoms with Crippen molar-refractivity contribution in [2.24, 2.45) is 0 Å². The van der Waals surface area contributed by atoms with Crippen LogP contribution in [0.15, 0.2) is 48.8 Å². The molecular formula is C23H22F3N5O2. The molecule has 172 valence electrons. The molecule has 2 aromatic heterocycles. The number of amides is 1. The van der Waals surface area contributed by atoms with Crippen molar-refractivity contribution in [3.63, 3.8) is 0 Å². The van der Waals surface area contributed by atoms with E-state index in [0.717, 1.165) is 36.6 Å². The summed E-state index contributed by atoms with van der Waals surface area (Å²) in [5, 5.41) is 4.45. The second kappa shape index (κ2) is 8.18. The van der Waals surface area contributed by atoms with Crippen LogP contribution in [-0.2, 0) is 10.9 Å². The quantitative estimate of drug-likeness (QED) is 0.595. The number of ether oxygens (including phenoxy) is 1. The molecule has 3 aromatic rings. The number of carbonyl (C=O) groups excluding carboxylic acids is 1. The van der Waals surface area contributed by atoms with Crippen molar-refractivity contribution in [2.75, 3.05) is 42.6 Å². The second-order valence-electron chi connectivity index (χ2n) is 8.16. The van der Waals surface area contributed by atoms with Crippen molar-refractivity contribution in [1.29, 1.82) is 0 Å². The topological polar surface area (TPSA) is 63.5 Å². The summed E-state index contributed by atoms with van der Waals surface area (Å²) in [6, 6.07) is 8.28. The van der Waals surface area contributed by atoms with Gasteiger partial charge in [-0.05, 0) is 48.9 Å². The Hall–Kier alpha value is -3.40. The van der Waals surface area contributed by atoms with Crippen LogP contribution in [0.25, 0.3) is 11.1 Å². The summed E-state index contributed by atoms with van der Waals surface area (Å²) in [5.41, 5.74) is 1.56. The van der Waals surface area contributed by atoms with Gasteiger partial charge < -0.3 is 14.5 Å². The first kappa shape index (κ1) is 21.4. The molecule has 4 heterocycles. The molecule has 1 atom stereocenters. The molecular weight excluding hydrogens is 435 g/mol. The van der Waals surface area contributed by atoms with E-state index in [1.165, 1.54) is 17.0 Å². The van der Waals surface area contributed by atoms with Crippen LogP contribution in [0.2, 0.25) is 0 Å². The fourth-order valence-corrected chi connectivity index (χ4v) is 4.28. The Bertz CT molecular complexity index is 1170. The summed E-state index contributed by atoms with van der Waals surface area (Å²) >= 11 is 0. The zero-order chi connectivity index (χ0) is 23.2. The van der Waals surface area contributed by atoms with Crippen LogP contribution in [0.4, 0.5) is 24.7 Å². The monoisotopic (exact) mass is 457 g/mol. The molecule has 1 aromatic carbocycles. The number of hydrogen-bond acceptors (Lipinski definition) is 5. The molecule has 2 aliphatic rings. The van der Waals surface area contributed by atoms with Gasteiger partial charge in [0, 0.05) is 37.1 Å². The van der Waals surface area contributed by atoms with E-state index in [1.54, 1.807) is 17.1 Å². The molecule has 5 rings (SSSR count). The highest BCUT2D eigenvalue weighted by Gasteiger charge is 2.35. The fourth-order valence-electron chi connectivity index (χ4n) is 4.28. The van der Waals surface area contributed by atoms with Crippen molar-refractivity contribution >= 4 is 17.4 Å². The number of halogens is 3. The Morgan fingerprint density at radius 2 is 1.82 bits per heavy atom. The number of anilines is 2. The molecule has 0 N–H and O–H groups in total. The molecule has 33 heavy (non-hydrogen) atoms. The van der Waals surface area contributed by atoms with Crippen LogP contribution in [0.3, 0.4) is 0 Å².